The van der Waals surface area contributed by atoms with Gasteiger partial charge in [0.15, 0.2) is 6.10 Å². The number of hydrogen-bond donors (Lipinski definition) is 0. The van der Waals surface area contributed by atoms with E-state index in [9.17, 15) is 19.5 Å². The monoisotopic (exact) mass is 746 g/mol. The van der Waals surface area contributed by atoms with Gasteiger partial charge in [0, 0.05) is 19.3 Å². The average molecular weight is 746 g/mol. The highest BCUT2D eigenvalue weighted by Crippen LogP contribution is 2.14. The lowest BCUT2D eigenvalue weighted by molar-refractivity contribution is -0.889. The Hall–Kier alpha value is -2.71. The van der Waals surface area contributed by atoms with Gasteiger partial charge in [-0.15, -0.1) is 0 Å². The summed E-state index contributed by atoms with van der Waals surface area (Å²) < 4.78 is 17.1. The summed E-state index contributed by atoms with van der Waals surface area (Å²) in [6, 6.07) is -0.727. The maximum absolute atomic E-state index is 12.7. The van der Waals surface area contributed by atoms with Gasteiger partial charge in [0.2, 0.25) is 0 Å². The van der Waals surface area contributed by atoms with Crippen molar-refractivity contribution in [3.05, 3.63) is 48.6 Å². The predicted molar refractivity (Wildman–Crippen MR) is 217 cm³/mol. The van der Waals surface area contributed by atoms with Gasteiger partial charge in [-0.3, -0.25) is 9.59 Å². The predicted octanol–water partition coefficient (Wildman–Crippen LogP) is 9.91. The minimum Gasteiger partial charge on any atom is -0.544 e. The Labute approximate surface area is 325 Å². The fraction of sp³-hybridized carbons (Fsp3) is 0.756. The second-order valence-electron chi connectivity index (χ2n) is 15.2. The molecule has 0 spiro atoms. The number of esters is 2. The van der Waals surface area contributed by atoms with Crippen LogP contribution in [-0.4, -0.2) is 75.5 Å². The van der Waals surface area contributed by atoms with Crippen molar-refractivity contribution in [2.24, 2.45) is 0 Å². The Bertz CT molecular complexity index is 1010. The molecule has 8 heteroatoms. The van der Waals surface area contributed by atoms with Crippen molar-refractivity contribution in [2.75, 3.05) is 41.0 Å². The molecule has 306 valence electrons. The van der Waals surface area contributed by atoms with Crippen LogP contribution in [0.25, 0.3) is 0 Å². The first kappa shape index (κ1) is 50.3. The fourth-order valence-electron chi connectivity index (χ4n) is 5.94. The first-order valence-corrected chi connectivity index (χ1v) is 21.2. The molecule has 0 saturated heterocycles. The Morgan fingerprint density at radius 3 is 1.57 bits per heavy atom. The van der Waals surface area contributed by atoms with Crippen molar-refractivity contribution in [2.45, 2.75) is 180 Å². The number of quaternary nitrogens is 1. The number of allylic oxidation sites excluding steroid dienone is 8. The molecule has 0 aromatic rings. The Balaban J connectivity index is 4.36. The van der Waals surface area contributed by atoms with Crippen LogP contribution in [0.15, 0.2) is 48.6 Å². The van der Waals surface area contributed by atoms with Crippen LogP contribution in [-0.2, 0) is 28.6 Å². The van der Waals surface area contributed by atoms with Crippen molar-refractivity contribution in [3.8, 4) is 0 Å². The Kier molecular flexibility index (Phi) is 34.4. The van der Waals surface area contributed by atoms with E-state index in [2.05, 4.69) is 62.5 Å². The van der Waals surface area contributed by atoms with E-state index in [1.54, 1.807) is 21.1 Å². The second kappa shape index (κ2) is 36.3. The summed E-state index contributed by atoms with van der Waals surface area (Å²) in [4.78, 5) is 36.7. The van der Waals surface area contributed by atoms with Gasteiger partial charge < -0.3 is 28.6 Å². The Morgan fingerprint density at radius 1 is 0.585 bits per heavy atom. The van der Waals surface area contributed by atoms with Crippen LogP contribution in [0.3, 0.4) is 0 Å². The number of likely N-dealkylation sites (N-methyl/N-ethyl adjacent to an activating group) is 1. The zero-order valence-electron chi connectivity index (χ0n) is 34.7. The molecule has 2 unspecified atom stereocenters. The Morgan fingerprint density at radius 2 is 1.06 bits per heavy atom. The summed E-state index contributed by atoms with van der Waals surface area (Å²) in [5.74, 6) is -1.76. The zero-order chi connectivity index (χ0) is 39.3. The molecule has 0 N–H and O–H groups in total. The molecule has 0 radical (unpaired) electrons. The van der Waals surface area contributed by atoms with Gasteiger partial charge in [0.25, 0.3) is 0 Å². The molecule has 0 amide bonds. The lowest BCUT2D eigenvalue weighted by atomic mass is 10.1. The molecule has 0 aliphatic carbocycles. The second-order valence-corrected chi connectivity index (χ2v) is 15.2. The smallest absolute Gasteiger partial charge is 0.306 e. The number of carboxylic acids is 1. The van der Waals surface area contributed by atoms with Crippen molar-refractivity contribution < 1.29 is 38.2 Å². The zero-order valence-corrected chi connectivity index (χ0v) is 34.7. The molecule has 0 aromatic heterocycles. The third-order valence-electron chi connectivity index (χ3n) is 9.23. The van der Waals surface area contributed by atoms with E-state index in [1.165, 1.54) is 57.8 Å². The summed E-state index contributed by atoms with van der Waals surface area (Å²) in [5.41, 5.74) is 0. The van der Waals surface area contributed by atoms with Crippen LogP contribution >= 0.6 is 0 Å². The van der Waals surface area contributed by atoms with Crippen LogP contribution in [0.1, 0.15) is 168 Å². The number of nitrogens with zero attached hydrogens (tertiary/aromatic N) is 1. The van der Waals surface area contributed by atoms with Gasteiger partial charge >= 0.3 is 11.9 Å². The van der Waals surface area contributed by atoms with Crippen LogP contribution in [0.5, 0.6) is 0 Å². The molecule has 8 nitrogen and oxygen atoms in total. The lowest BCUT2D eigenvalue weighted by Gasteiger charge is -2.34. The molecular weight excluding hydrogens is 666 g/mol. The number of ether oxygens (including phenoxy) is 3. The highest BCUT2D eigenvalue weighted by Gasteiger charge is 2.25. The number of carbonyl (C=O) groups is 3. The minimum absolute atomic E-state index is 0.0352. The average Bonchev–Trinajstić information content (AvgIpc) is 3.11. The van der Waals surface area contributed by atoms with Crippen molar-refractivity contribution in [3.63, 3.8) is 0 Å². The third kappa shape index (κ3) is 34.8. The van der Waals surface area contributed by atoms with E-state index in [-0.39, 0.29) is 42.7 Å². The normalized spacial score (nSPS) is 13.5. The maximum Gasteiger partial charge on any atom is 0.306 e. The van der Waals surface area contributed by atoms with Gasteiger partial charge in [-0.2, -0.15) is 0 Å². The standard InChI is InChI=1S/C45H79NO7/c1-6-8-10-12-14-16-18-19-20-21-22-23-24-25-26-28-30-32-34-36-44(48)53-41(39-51-38-37-42(45(49)50)46(3,4)5)40-52-43(47)35-33-31-29-27-17-15-13-11-9-7-2/h8,10,14,16,19-20,22-23,41-42H,6-7,9,11-13,15,17-18,21,24-40H2,1-5H3/b10-8+,16-14+,20-19+,23-22+. The molecule has 0 fully saturated rings. The van der Waals surface area contributed by atoms with Crippen LogP contribution < -0.4 is 5.11 Å². The van der Waals surface area contributed by atoms with Gasteiger partial charge in [-0.05, 0) is 51.4 Å². The van der Waals surface area contributed by atoms with Crippen molar-refractivity contribution >= 4 is 17.9 Å². The highest BCUT2D eigenvalue weighted by atomic mass is 16.6. The molecule has 0 bridgehead atoms. The summed E-state index contributed by atoms with van der Waals surface area (Å²) in [6.45, 7) is 4.51. The number of rotatable bonds is 37. The van der Waals surface area contributed by atoms with E-state index in [0.29, 0.717) is 12.8 Å². The molecule has 0 heterocycles. The van der Waals surface area contributed by atoms with Crippen LogP contribution in [0.2, 0.25) is 0 Å². The number of carbonyl (C=O) groups excluding carboxylic acids is 3. The van der Waals surface area contributed by atoms with Gasteiger partial charge in [0.1, 0.15) is 12.6 Å². The third-order valence-corrected chi connectivity index (χ3v) is 9.23. The van der Waals surface area contributed by atoms with Gasteiger partial charge in [-0.25, -0.2) is 0 Å². The van der Waals surface area contributed by atoms with Crippen molar-refractivity contribution in [1.29, 1.82) is 0 Å². The van der Waals surface area contributed by atoms with E-state index in [1.807, 2.05) is 0 Å². The van der Waals surface area contributed by atoms with Crippen LogP contribution in [0.4, 0.5) is 0 Å². The quantitative estimate of drug-likeness (QED) is 0.0270. The number of hydrogen-bond acceptors (Lipinski definition) is 7. The summed E-state index contributed by atoms with van der Waals surface area (Å²) in [7, 11) is 5.39. The fourth-order valence-corrected chi connectivity index (χ4v) is 5.94. The van der Waals surface area contributed by atoms with E-state index in [0.717, 1.165) is 77.0 Å². The molecule has 0 saturated carbocycles. The molecular formula is C45H79NO7. The van der Waals surface area contributed by atoms with Gasteiger partial charge in [-0.1, -0.05) is 146 Å². The summed E-state index contributed by atoms with van der Waals surface area (Å²) in [5, 5.41) is 11.6. The lowest BCUT2D eigenvalue weighted by Crippen LogP contribution is -2.55. The van der Waals surface area contributed by atoms with E-state index in [4.69, 9.17) is 14.2 Å². The highest BCUT2D eigenvalue weighted by molar-refractivity contribution is 5.70. The molecule has 0 rings (SSSR count). The summed E-state index contributed by atoms with van der Waals surface area (Å²) in [6.07, 6.45) is 41.3. The molecule has 2 atom stereocenters. The first-order chi connectivity index (χ1) is 25.6. The number of aliphatic carboxylic acids is 1. The maximum atomic E-state index is 12.7. The largest absolute Gasteiger partial charge is 0.544 e. The summed E-state index contributed by atoms with van der Waals surface area (Å²) >= 11 is 0. The topological polar surface area (TPSA) is 102 Å². The number of carboxylic acid groups (broad SMARTS) is 1. The van der Waals surface area contributed by atoms with Crippen LogP contribution in [0, 0.1) is 0 Å². The van der Waals surface area contributed by atoms with E-state index < -0.39 is 18.1 Å². The minimum atomic E-state index is -1.13. The van der Waals surface area contributed by atoms with Crippen molar-refractivity contribution in [1.82, 2.24) is 0 Å². The SMILES string of the molecule is CC/C=C/C/C=C/C/C=C/C/C=C/CCCCCCCCC(=O)OC(COCCC(C(=O)[O-])[N+](C)(C)C)COC(=O)CCCCCCCCCCCC. The van der Waals surface area contributed by atoms with Gasteiger partial charge in [0.05, 0.1) is 40.3 Å². The first-order valence-electron chi connectivity index (χ1n) is 21.2. The molecule has 0 aromatic carbocycles. The molecule has 0 aliphatic rings. The molecule has 53 heavy (non-hydrogen) atoms. The van der Waals surface area contributed by atoms with E-state index >= 15 is 0 Å². The number of unbranched alkanes of at least 4 members (excludes halogenated alkanes) is 15. The molecule has 0 aliphatic heterocycles.